The van der Waals surface area contributed by atoms with Gasteiger partial charge in [-0.2, -0.15) is 5.10 Å². The number of benzene rings is 1. The van der Waals surface area contributed by atoms with Gasteiger partial charge in [-0.15, -0.1) is 0 Å². The van der Waals surface area contributed by atoms with Gasteiger partial charge < -0.3 is 14.3 Å². The number of carbonyl (C=O) groups is 1. The van der Waals surface area contributed by atoms with E-state index in [1.807, 2.05) is 0 Å². The Bertz CT molecular complexity index is 781. The van der Waals surface area contributed by atoms with Crippen LogP contribution in [0.25, 0.3) is 0 Å². The van der Waals surface area contributed by atoms with Crippen LogP contribution >= 0.6 is 0 Å². The monoisotopic (exact) mass is 319 g/mol. The Kier molecular flexibility index (Phi) is 4.60. The summed E-state index contributed by atoms with van der Waals surface area (Å²) < 4.78 is 9.98. The number of amides is 1. The van der Waals surface area contributed by atoms with E-state index in [1.165, 1.54) is 25.5 Å². The van der Waals surface area contributed by atoms with E-state index in [9.17, 15) is 20.0 Å². The number of hydrogen-bond acceptors (Lipinski definition) is 7. The summed E-state index contributed by atoms with van der Waals surface area (Å²) in [6, 6.07) is 5.57. The maximum atomic E-state index is 11.7. The van der Waals surface area contributed by atoms with E-state index < -0.39 is 22.3 Å². The Labute approximate surface area is 130 Å². The number of hydrogen-bond donors (Lipinski definition) is 2. The number of aromatic hydroxyl groups is 1. The molecule has 1 heterocycles. The van der Waals surface area contributed by atoms with Crippen molar-refractivity contribution in [2.45, 2.75) is 6.92 Å². The molecule has 0 saturated heterocycles. The molecule has 9 heteroatoms. The lowest BCUT2D eigenvalue weighted by Gasteiger charge is -2.05. The van der Waals surface area contributed by atoms with Crippen molar-refractivity contribution in [3.63, 3.8) is 0 Å². The summed E-state index contributed by atoms with van der Waals surface area (Å²) >= 11 is 0. The largest absolute Gasteiger partial charge is 0.500 e. The van der Waals surface area contributed by atoms with E-state index in [2.05, 4.69) is 10.5 Å². The maximum Gasteiger partial charge on any atom is 0.315 e. The van der Waals surface area contributed by atoms with Gasteiger partial charge in [0.2, 0.25) is 5.75 Å². The minimum absolute atomic E-state index is 0.0753. The number of nitro groups is 1. The summed E-state index contributed by atoms with van der Waals surface area (Å²) in [6.07, 6.45) is 1.18. The number of hydrazone groups is 1. The average molecular weight is 319 g/mol. The molecule has 1 aromatic heterocycles. The first kappa shape index (κ1) is 16.0. The molecule has 2 rings (SSSR count). The van der Waals surface area contributed by atoms with Gasteiger partial charge in [0.15, 0.2) is 11.5 Å². The minimum atomic E-state index is -0.751. The van der Waals surface area contributed by atoms with Crippen LogP contribution in [0.3, 0.4) is 0 Å². The number of rotatable bonds is 5. The number of furan rings is 1. The second-order valence-electron chi connectivity index (χ2n) is 4.46. The van der Waals surface area contributed by atoms with Crippen LogP contribution in [0.5, 0.6) is 11.5 Å². The summed E-state index contributed by atoms with van der Waals surface area (Å²) in [7, 11) is 1.26. The van der Waals surface area contributed by atoms with Crippen molar-refractivity contribution in [2.24, 2.45) is 5.10 Å². The summed E-state index contributed by atoms with van der Waals surface area (Å²) in [4.78, 5) is 21.8. The van der Waals surface area contributed by atoms with Gasteiger partial charge in [-0.1, -0.05) is 0 Å². The number of ether oxygens (including phenoxy) is 1. The fraction of sp³-hybridized carbons (Fsp3) is 0.143. The van der Waals surface area contributed by atoms with Crippen LogP contribution in [-0.4, -0.2) is 29.3 Å². The van der Waals surface area contributed by atoms with Crippen molar-refractivity contribution in [1.29, 1.82) is 0 Å². The highest BCUT2D eigenvalue weighted by atomic mass is 16.6. The lowest BCUT2D eigenvalue weighted by molar-refractivity contribution is -0.386. The van der Waals surface area contributed by atoms with Gasteiger partial charge in [-0.25, -0.2) is 5.43 Å². The van der Waals surface area contributed by atoms with Crippen molar-refractivity contribution in [3.05, 3.63) is 51.5 Å². The van der Waals surface area contributed by atoms with Gasteiger partial charge in [0.1, 0.15) is 5.76 Å². The fourth-order valence-corrected chi connectivity index (χ4v) is 1.76. The topological polar surface area (TPSA) is 127 Å². The van der Waals surface area contributed by atoms with E-state index in [4.69, 9.17) is 9.15 Å². The van der Waals surface area contributed by atoms with E-state index in [0.717, 1.165) is 6.07 Å². The van der Waals surface area contributed by atoms with Crippen molar-refractivity contribution in [3.8, 4) is 11.5 Å². The summed E-state index contributed by atoms with van der Waals surface area (Å²) in [6.45, 7) is 1.70. The molecule has 0 bridgehead atoms. The molecule has 2 aromatic rings. The number of methoxy groups -OCH3 is 1. The standard InChI is InChI=1S/C14H13N3O6/c1-8-3-4-11(23-8)14(19)16-15-7-9-5-10(17(20)21)13(18)12(6-9)22-2/h3-7,18H,1-2H3,(H,16,19)/b15-7-. The van der Waals surface area contributed by atoms with Gasteiger partial charge in [0.25, 0.3) is 0 Å². The molecule has 0 spiro atoms. The van der Waals surface area contributed by atoms with E-state index in [0.29, 0.717) is 5.76 Å². The molecule has 0 aliphatic rings. The Balaban J connectivity index is 2.17. The Morgan fingerprint density at radius 3 is 2.78 bits per heavy atom. The average Bonchev–Trinajstić information content (AvgIpc) is 2.94. The Hall–Kier alpha value is -3.36. The molecule has 0 unspecified atom stereocenters. The maximum absolute atomic E-state index is 11.7. The quantitative estimate of drug-likeness (QED) is 0.493. The molecule has 0 aliphatic heterocycles. The van der Waals surface area contributed by atoms with Gasteiger partial charge in [0, 0.05) is 11.6 Å². The second-order valence-corrected chi connectivity index (χ2v) is 4.46. The molecule has 9 nitrogen and oxygen atoms in total. The highest BCUT2D eigenvalue weighted by molar-refractivity contribution is 5.92. The number of phenols is 1. The van der Waals surface area contributed by atoms with E-state index in [-0.39, 0.29) is 17.1 Å². The summed E-state index contributed by atoms with van der Waals surface area (Å²) in [5.41, 5.74) is 1.96. The molecular weight excluding hydrogens is 306 g/mol. The molecule has 1 aromatic carbocycles. The van der Waals surface area contributed by atoms with Crippen LogP contribution in [0.15, 0.2) is 33.8 Å². The fourth-order valence-electron chi connectivity index (χ4n) is 1.76. The normalized spacial score (nSPS) is 10.7. The van der Waals surface area contributed by atoms with Crippen LogP contribution in [0, 0.1) is 17.0 Å². The molecule has 120 valence electrons. The molecule has 0 radical (unpaired) electrons. The van der Waals surface area contributed by atoms with Crippen LogP contribution in [-0.2, 0) is 0 Å². The predicted octanol–water partition coefficient (Wildman–Crippen LogP) is 1.97. The number of nitro benzene ring substituents is 1. The van der Waals surface area contributed by atoms with Crippen LogP contribution < -0.4 is 10.2 Å². The number of phenolic OH excluding ortho intramolecular Hbond substituents is 1. The number of aryl methyl sites for hydroxylation is 1. The molecule has 1 amide bonds. The van der Waals surface area contributed by atoms with E-state index in [1.54, 1.807) is 13.0 Å². The zero-order valence-electron chi connectivity index (χ0n) is 12.3. The van der Waals surface area contributed by atoms with Crippen molar-refractivity contribution in [1.82, 2.24) is 5.43 Å². The van der Waals surface area contributed by atoms with Crippen LogP contribution in [0.2, 0.25) is 0 Å². The number of carbonyl (C=O) groups excluding carboxylic acids is 1. The first-order valence-electron chi connectivity index (χ1n) is 6.37. The van der Waals surface area contributed by atoms with Crippen molar-refractivity contribution in [2.75, 3.05) is 7.11 Å². The predicted molar refractivity (Wildman–Crippen MR) is 79.8 cm³/mol. The first-order chi connectivity index (χ1) is 10.9. The van der Waals surface area contributed by atoms with Gasteiger partial charge in [-0.3, -0.25) is 14.9 Å². The SMILES string of the molecule is COc1cc(/C=N\NC(=O)c2ccc(C)o2)cc([N+](=O)[O-])c1O. The van der Waals surface area contributed by atoms with E-state index >= 15 is 0 Å². The Morgan fingerprint density at radius 2 is 2.22 bits per heavy atom. The zero-order valence-corrected chi connectivity index (χ0v) is 12.3. The van der Waals surface area contributed by atoms with Crippen molar-refractivity contribution >= 4 is 17.8 Å². The minimum Gasteiger partial charge on any atom is -0.500 e. The molecule has 0 atom stereocenters. The molecule has 23 heavy (non-hydrogen) atoms. The lowest BCUT2D eigenvalue weighted by atomic mass is 10.2. The smallest absolute Gasteiger partial charge is 0.315 e. The lowest BCUT2D eigenvalue weighted by Crippen LogP contribution is -2.16. The van der Waals surface area contributed by atoms with Gasteiger partial charge in [0.05, 0.1) is 18.2 Å². The highest BCUT2D eigenvalue weighted by Crippen LogP contribution is 2.36. The first-order valence-corrected chi connectivity index (χ1v) is 6.37. The number of nitrogens with one attached hydrogen (secondary N) is 1. The van der Waals surface area contributed by atoms with Crippen LogP contribution in [0.1, 0.15) is 21.9 Å². The molecule has 0 aliphatic carbocycles. The zero-order chi connectivity index (χ0) is 17.0. The third-order valence-electron chi connectivity index (χ3n) is 2.84. The molecular formula is C14H13N3O6. The third kappa shape index (κ3) is 3.64. The Morgan fingerprint density at radius 1 is 1.48 bits per heavy atom. The van der Waals surface area contributed by atoms with Gasteiger partial charge >= 0.3 is 11.6 Å². The van der Waals surface area contributed by atoms with Crippen molar-refractivity contribution < 1.29 is 24.0 Å². The summed E-state index contributed by atoms with van der Waals surface area (Å²) in [5.74, 6) is -0.542. The van der Waals surface area contributed by atoms with Crippen LogP contribution in [0.4, 0.5) is 5.69 Å². The molecule has 0 saturated carbocycles. The highest BCUT2D eigenvalue weighted by Gasteiger charge is 2.19. The second kappa shape index (κ2) is 6.60. The van der Waals surface area contributed by atoms with Gasteiger partial charge in [-0.05, 0) is 25.1 Å². The number of nitrogens with zero attached hydrogens (tertiary/aromatic N) is 2. The third-order valence-corrected chi connectivity index (χ3v) is 2.84. The molecule has 0 fully saturated rings. The molecule has 2 N–H and O–H groups in total. The summed E-state index contributed by atoms with van der Waals surface area (Å²) in [5, 5.41) is 24.2.